The Hall–Kier alpha value is -2.46. The molecule has 2 aromatic carbocycles. The maximum absolute atomic E-state index is 13.0. The number of rotatable bonds is 3. The van der Waals surface area contributed by atoms with Gasteiger partial charge >= 0.3 is 0 Å². The van der Waals surface area contributed by atoms with Crippen molar-refractivity contribution in [3.8, 4) is 5.69 Å². The van der Waals surface area contributed by atoms with Crippen molar-refractivity contribution < 1.29 is 4.74 Å². The zero-order valence-electron chi connectivity index (χ0n) is 15.5. The van der Waals surface area contributed by atoms with E-state index >= 15 is 0 Å². The summed E-state index contributed by atoms with van der Waals surface area (Å²) in [7, 11) is 0. The molecule has 0 aliphatic rings. The molecule has 1 heterocycles. The monoisotopic (exact) mass is 336 g/mol. The van der Waals surface area contributed by atoms with Crippen molar-refractivity contribution in [2.75, 3.05) is 0 Å². The molecular weight excluding hydrogens is 312 g/mol. The average Bonchev–Trinajstić information content (AvgIpc) is 2.54. The second-order valence-corrected chi connectivity index (χ2v) is 7.47. The first kappa shape index (κ1) is 17.4. The molecule has 0 fully saturated rings. The first-order valence-corrected chi connectivity index (χ1v) is 8.46. The second kappa shape index (κ2) is 6.45. The number of nitrogens with zero attached hydrogens (tertiary/aromatic N) is 2. The fourth-order valence-electron chi connectivity index (χ4n) is 2.77. The van der Waals surface area contributed by atoms with Gasteiger partial charge in [-0.1, -0.05) is 29.3 Å². The molecule has 0 radical (unpaired) electrons. The van der Waals surface area contributed by atoms with Crippen molar-refractivity contribution in [2.24, 2.45) is 0 Å². The number of hydrogen-bond donors (Lipinski definition) is 0. The van der Waals surface area contributed by atoms with Crippen molar-refractivity contribution in [2.45, 2.75) is 46.8 Å². The summed E-state index contributed by atoms with van der Waals surface area (Å²) in [5.41, 5.74) is 4.38. The van der Waals surface area contributed by atoms with Gasteiger partial charge in [0.1, 0.15) is 6.33 Å². The number of ether oxygens (including phenoxy) is 1. The van der Waals surface area contributed by atoms with Crippen LogP contribution >= 0.6 is 0 Å². The average molecular weight is 336 g/mol. The molecule has 0 saturated carbocycles. The van der Waals surface area contributed by atoms with Gasteiger partial charge in [-0.25, -0.2) is 4.98 Å². The Labute approximate surface area is 148 Å². The van der Waals surface area contributed by atoms with Crippen LogP contribution < -0.4 is 5.56 Å². The largest absolute Gasteiger partial charge is 0.371 e. The van der Waals surface area contributed by atoms with Crippen molar-refractivity contribution in [3.63, 3.8) is 0 Å². The summed E-state index contributed by atoms with van der Waals surface area (Å²) in [5.74, 6) is 0. The van der Waals surface area contributed by atoms with E-state index in [0.717, 1.165) is 22.4 Å². The zero-order valence-corrected chi connectivity index (χ0v) is 15.5. The van der Waals surface area contributed by atoms with Gasteiger partial charge in [-0.05, 0) is 52.8 Å². The topological polar surface area (TPSA) is 44.1 Å². The number of fused-ring (bicyclic) bond motifs is 1. The predicted octanol–water partition coefficient (Wildman–Crippen LogP) is 4.32. The standard InChI is InChI=1S/C21H24N2O2/c1-14-7-9-19(16(10-14)12-25-21(3,4)5)23-13-22-18-8-6-15(2)11-17(18)20(23)24/h6-11,13H,12H2,1-5H3. The molecule has 0 spiro atoms. The Morgan fingerprint density at radius 3 is 2.44 bits per heavy atom. The molecule has 0 aliphatic carbocycles. The normalized spacial score (nSPS) is 11.9. The fourth-order valence-corrected chi connectivity index (χ4v) is 2.77. The molecule has 1 aromatic heterocycles. The van der Waals surface area contributed by atoms with Crippen LogP contribution in [0.1, 0.15) is 37.5 Å². The number of aromatic nitrogens is 2. The smallest absolute Gasteiger partial charge is 0.265 e. The van der Waals surface area contributed by atoms with Crippen LogP contribution in [-0.4, -0.2) is 15.2 Å². The van der Waals surface area contributed by atoms with Gasteiger partial charge in [0.05, 0.1) is 28.8 Å². The molecule has 0 bridgehead atoms. The molecule has 0 N–H and O–H groups in total. The molecule has 0 aliphatic heterocycles. The van der Waals surface area contributed by atoms with E-state index in [9.17, 15) is 4.79 Å². The minimum Gasteiger partial charge on any atom is -0.371 e. The Bertz CT molecular complexity index is 981. The van der Waals surface area contributed by atoms with Gasteiger partial charge in [-0.2, -0.15) is 0 Å². The van der Waals surface area contributed by atoms with Crippen LogP contribution in [0.5, 0.6) is 0 Å². The molecule has 0 amide bonds. The molecule has 130 valence electrons. The molecule has 0 saturated heterocycles. The highest BCUT2D eigenvalue weighted by Gasteiger charge is 2.14. The maximum Gasteiger partial charge on any atom is 0.265 e. The number of hydrogen-bond acceptors (Lipinski definition) is 3. The fraction of sp³-hybridized carbons (Fsp3) is 0.333. The summed E-state index contributed by atoms with van der Waals surface area (Å²) in [6, 6.07) is 11.8. The Morgan fingerprint density at radius 2 is 1.72 bits per heavy atom. The van der Waals surface area contributed by atoms with Crippen LogP contribution in [0.3, 0.4) is 0 Å². The molecule has 0 atom stereocenters. The lowest BCUT2D eigenvalue weighted by Crippen LogP contribution is -2.22. The minimum absolute atomic E-state index is 0.0606. The van der Waals surface area contributed by atoms with Gasteiger partial charge in [0.2, 0.25) is 0 Å². The summed E-state index contributed by atoms with van der Waals surface area (Å²) in [6.07, 6.45) is 1.60. The summed E-state index contributed by atoms with van der Waals surface area (Å²) < 4.78 is 7.56. The molecule has 4 nitrogen and oxygen atoms in total. The van der Waals surface area contributed by atoms with Gasteiger partial charge in [0.25, 0.3) is 5.56 Å². The third-order valence-corrected chi connectivity index (χ3v) is 4.07. The van der Waals surface area contributed by atoms with Crippen LogP contribution in [-0.2, 0) is 11.3 Å². The van der Waals surface area contributed by atoms with E-state index in [2.05, 4.69) is 11.1 Å². The van der Waals surface area contributed by atoms with Crippen molar-refractivity contribution in [3.05, 3.63) is 69.8 Å². The van der Waals surface area contributed by atoms with Crippen molar-refractivity contribution in [1.29, 1.82) is 0 Å². The summed E-state index contributed by atoms with van der Waals surface area (Å²) >= 11 is 0. The van der Waals surface area contributed by atoms with E-state index in [1.807, 2.05) is 65.0 Å². The summed E-state index contributed by atoms with van der Waals surface area (Å²) in [5, 5.41) is 0.630. The van der Waals surface area contributed by atoms with Crippen LogP contribution in [0.15, 0.2) is 47.5 Å². The third-order valence-electron chi connectivity index (χ3n) is 4.07. The highest BCUT2D eigenvalue weighted by molar-refractivity contribution is 5.78. The quantitative estimate of drug-likeness (QED) is 0.715. The first-order valence-electron chi connectivity index (χ1n) is 8.46. The molecule has 0 unspecified atom stereocenters. The molecular formula is C21H24N2O2. The first-order chi connectivity index (χ1) is 11.7. The number of aryl methyl sites for hydroxylation is 2. The minimum atomic E-state index is -0.245. The SMILES string of the molecule is Cc1ccc(-n2cnc3ccc(C)cc3c2=O)c(COC(C)(C)C)c1. The van der Waals surface area contributed by atoms with Crippen LogP contribution in [0.4, 0.5) is 0 Å². The Kier molecular flexibility index (Phi) is 4.48. The lowest BCUT2D eigenvalue weighted by atomic mass is 10.1. The van der Waals surface area contributed by atoms with Crippen molar-refractivity contribution in [1.82, 2.24) is 9.55 Å². The van der Waals surface area contributed by atoms with E-state index in [-0.39, 0.29) is 11.2 Å². The maximum atomic E-state index is 13.0. The van der Waals surface area contributed by atoms with E-state index in [1.165, 1.54) is 0 Å². The van der Waals surface area contributed by atoms with E-state index in [4.69, 9.17) is 4.74 Å². The molecule has 3 aromatic rings. The van der Waals surface area contributed by atoms with E-state index in [0.29, 0.717) is 17.5 Å². The number of benzene rings is 2. The third kappa shape index (κ3) is 3.80. The Balaban J connectivity index is 2.14. The lowest BCUT2D eigenvalue weighted by Gasteiger charge is -2.21. The summed E-state index contributed by atoms with van der Waals surface area (Å²) in [6.45, 7) is 10.5. The van der Waals surface area contributed by atoms with Gasteiger partial charge in [0.15, 0.2) is 0 Å². The van der Waals surface area contributed by atoms with Gasteiger partial charge < -0.3 is 4.74 Å². The van der Waals surface area contributed by atoms with Crippen LogP contribution in [0.25, 0.3) is 16.6 Å². The highest BCUT2D eigenvalue weighted by atomic mass is 16.5. The van der Waals surface area contributed by atoms with E-state index < -0.39 is 0 Å². The highest BCUT2D eigenvalue weighted by Crippen LogP contribution is 2.20. The predicted molar refractivity (Wildman–Crippen MR) is 101 cm³/mol. The zero-order chi connectivity index (χ0) is 18.2. The molecule has 25 heavy (non-hydrogen) atoms. The molecule has 4 heteroatoms. The van der Waals surface area contributed by atoms with Crippen LogP contribution in [0, 0.1) is 13.8 Å². The van der Waals surface area contributed by atoms with Gasteiger partial charge in [-0.15, -0.1) is 0 Å². The molecule has 3 rings (SSSR count). The second-order valence-electron chi connectivity index (χ2n) is 7.47. The van der Waals surface area contributed by atoms with Gasteiger partial charge in [-0.3, -0.25) is 9.36 Å². The van der Waals surface area contributed by atoms with Crippen molar-refractivity contribution >= 4 is 10.9 Å². The van der Waals surface area contributed by atoms with Crippen LogP contribution in [0.2, 0.25) is 0 Å². The Morgan fingerprint density at radius 1 is 1.04 bits per heavy atom. The van der Waals surface area contributed by atoms with E-state index in [1.54, 1.807) is 10.9 Å². The summed E-state index contributed by atoms with van der Waals surface area (Å²) in [4.78, 5) is 17.5. The van der Waals surface area contributed by atoms with Gasteiger partial charge in [0, 0.05) is 5.56 Å². The lowest BCUT2D eigenvalue weighted by molar-refractivity contribution is -0.0149.